The molecular formula is C26H20Cl2N2O3S2. The third-order valence-corrected chi connectivity index (χ3v) is 8.21. The third kappa shape index (κ3) is 6.05. The fourth-order valence-corrected chi connectivity index (χ4v) is 5.56. The van der Waals surface area contributed by atoms with Crippen LogP contribution in [-0.2, 0) is 6.42 Å². The second-order valence-corrected chi connectivity index (χ2v) is 10.5. The van der Waals surface area contributed by atoms with Gasteiger partial charge in [-0.15, -0.1) is 22.7 Å². The molecule has 4 aromatic rings. The normalized spacial score (nSPS) is 11.6. The number of halogens is 2. The van der Waals surface area contributed by atoms with Crippen molar-refractivity contribution >= 4 is 63.2 Å². The van der Waals surface area contributed by atoms with Crippen LogP contribution in [-0.4, -0.2) is 33.9 Å². The number of carbonyl (C=O) groups excluding carboxylic acids is 2. The number of aryl methyl sites for hydroxylation is 1. The van der Waals surface area contributed by atoms with E-state index >= 15 is 0 Å². The van der Waals surface area contributed by atoms with Crippen LogP contribution in [0.2, 0.25) is 10.0 Å². The zero-order chi connectivity index (χ0) is 24.9. The van der Waals surface area contributed by atoms with Crippen molar-refractivity contribution < 1.29 is 14.7 Å². The second-order valence-electron chi connectivity index (χ2n) is 7.69. The summed E-state index contributed by atoms with van der Waals surface area (Å²) < 4.78 is 0. The van der Waals surface area contributed by atoms with E-state index in [1.807, 2.05) is 18.2 Å². The van der Waals surface area contributed by atoms with E-state index in [-0.39, 0.29) is 23.9 Å². The van der Waals surface area contributed by atoms with Crippen molar-refractivity contribution in [3.05, 3.63) is 91.2 Å². The maximum absolute atomic E-state index is 12.7. The van der Waals surface area contributed by atoms with E-state index in [0.29, 0.717) is 48.8 Å². The molecule has 0 saturated carbocycles. The molecule has 3 heterocycles. The van der Waals surface area contributed by atoms with Gasteiger partial charge in [-0.25, -0.2) is 0 Å². The Bertz CT molecular complexity index is 1410. The predicted octanol–water partition coefficient (Wildman–Crippen LogP) is 7.39. The average molecular weight is 543 g/mol. The first-order valence-electron chi connectivity index (χ1n) is 10.7. The van der Waals surface area contributed by atoms with Gasteiger partial charge in [0.15, 0.2) is 11.6 Å². The minimum Gasteiger partial charge on any atom is -0.506 e. The Hall–Kier alpha value is -2.84. The summed E-state index contributed by atoms with van der Waals surface area (Å²) >= 11 is 14.6. The molecule has 0 aliphatic heterocycles. The van der Waals surface area contributed by atoms with Crippen molar-refractivity contribution in [2.75, 3.05) is 6.54 Å². The van der Waals surface area contributed by atoms with E-state index in [1.54, 1.807) is 48.8 Å². The summed E-state index contributed by atoms with van der Waals surface area (Å²) in [6, 6.07) is 14.1. The smallest absolute Gasteiger partial charge is 0.194 e. The molecule has 3 aromatic heterocycles. The Balaban J connectivity index is 1.40. The summed E-state index contributed by atoms with van der Waals surface area (Å²) in [7, 11) is 0. The molecule has 0 radical (unpaired) electrons. The van der Waals surface area contributed by atoms with Crippen molar-refractivity contribution in [3.63, 3.8) is 0 Å². The minimum absolute atomic E-state index is 0.0163. The second kappa shape index (κ2) is 11.3. The van der Waals surface area contributed by atoms with Crippen LogP contribution in [0.5, 0.6) is 5.75 Å². The summed E-state index contributed by atoms with van der Waals surface area (Å²) in [6.45, 7) is 1.67. The molecule has 1 aromatic carbocycles. The number of thiophene rings is 2. The Labute approximate surface area is 220 Å². The SMILES string of the molecule is CC(=NCC(=O)c1ccc(C(=O)CCc2ccccn2)s1)c1csc(-c2ccc(Cl)c(Cl)c2)c1O. The number of rotatable bonds is 9. The van der Waals surface area contributed by atoms with Gasteiger partial charge in [-0.05, 0) is 55.3 Å². The van der Waals surface area contributed by atoms with Crippen molar-refractivity contribution in [3.8, 4) is 16.2 Å². The van der Waals surface area contributed by atoms with Crippen LogP contribution < -0.4 is 0 Å². The lowest BCUT2D eigenvalue weighted by Crippen LogP contribution is -2.04. The molecule has 0 saturated heterocycles. The molecule has 178 valence electrons. The molecule has 0 amide bonds. The van der Waals surface area contributed by atoms with Crippen LogP contribution in [0, 0.1) is 0 Å². The van der Waals surface area contributed by atoms with E-state index in [0.717, 1.165) is 11.3 Å². The minimum atomic E-state index is -0.183. The summed E-state index contributed by atoms with van der Waals surface area (Å²) in [5.74, 6) is -0.117. The molecule has 0 unspecified atom stereocenters. The number of pyridine rings is 1. The lowest BCUT2D eigenvalue weighted by atomic mass is 10.1. The Morgan fingerprint density at radius 1 is 1.03 bits per heavy atom. The van der Waals surface area contributed by atoms with Gasteiger partial charge in [0.2, 0.25) is 0 Å². The van der Waals surface area contributed by atoms with Crippen molar-refractivity contribution in [2.24, 2.45) is 4.99 Å². The molecule has 4 rings (SSSR count). The van der Waals surface area contributed by atoms with E-state index in [4.69, 9.17) is 23.2 Å². The Morgan fingerprint density at radius 2 is 1.80 bits per heavy atom. The highest BCUT2D eigenvalue weighted by Gasteiger charge is 2.17. The number of aromatic hydroxyl groups is 1. The first kappa shape index (κ1) is 25.3. The number of nitrogens with zero attached hydrogens (tertiary/aromatic N) is 2. The first-order chi connectivity index (χ1) is 16.8. The highest BCUT2D eigenvalue weighted by atomic mass is 35.5. The fourth-order valence-electron chi connectivity index (χ4n) is 3.35. The molecule has 0 bridgehead atoms. The number of ketones is 2. The average Bonchev–Trinajstić information content (AvgIpc) is 3.51. The fraction of sp³-hybridized carbons (Fsp3) is 0.154. The predicted molar refractivity (Wildman–Crippen MR) is 144 cm³/mol. The van der Waals surface area contributed by atoms with Gasteiger partial charge in [-0.3, -0.25) is 19.6 Å². The van der Waals surface area contributed by atoms with Crippen LogP contribution in [0.25, 0.3) is 10.4 Å². The number of aromatic nitrogens is 1. The van der Waals surface area contributed by atoms with Gasteiger partial charge in [0.05, 0.1) is 24.7 Å². The standard InChI is InChI=1S/C26H20Cl2N2O3S2/c1-15(18-14-34-26(25(18)33)16-5-7-19(27)20(28)12-16)30-13-22(32)24-10-9-23(35-24)21(31)8-6-17-4-2-3-11-29-17/h2-5,7,9-12,14,33H,6,8,13H2,1H3. The van der Waals surface area contributed by atoms with Gasteiger partial charge in [0.1, 0.15) is 12.3 Å². The maximum Gasteiger partial charge on any atom is 0.194 e. The molecule has 5 nitrogen and oxygen atoms in total. The zero-order valence-corrected chi connectivity index (χ0v) is 21.8. The summed E-state index contributed by atoms with van der Waals surface area (Å²) in [6.07, 6.45) is 2.59. The van der Waals surface area contributed by atoms with E-state index in [2.05, 4.69) is 9.98 Å². The molecule has 9 heteroatoms. The molecular weight excluding hydrogens is 523 g/mol. The lowest BCUT2D eigenvalue weighted by Gasteiger charge is -2.03. The Kier molecular flexibility index (Phi) is 8.13. The number of benzene rings is 1. The lowest BCUT2D eigenvalue weighted by molar-refractivity contribution is 0.0984. The van der Waals surface area contributed by atoms with Crippen LogP contribution >= 0.6 is 45.9 Å². The van der Waals surface area contributed by atoms with Gasteiger partial charge < -0.3 is 5.11 Å². The largest absolute Gasteiger partial charge is 0.506 e. The van der Waals surface area contributed by atoms with E-state index < -0.39 is 0 Å². The van der Waals surface area contributed by atoms with Crippen LogP contribution in [0.4, 0.5) is 0 Å². The number of hydrogen-bond acceptors (Lipinski definition) is 7. The number of hydrogen-bond donors (Lipinski definition) is 1. The quantitative estimate of drug-likeness (QED) is 0.176. The van der Waals surface area contributed by atoms with Gasteiger partial charge in [0, 0.05) is 35.0 Å². The molecule has 0 aliphatic carbocycles. The van der Waals surface area contributed by atoms with Crippen LogP contribution in [0.1, 0.15) is 43.9 Å². The monoisotopic (exact) mass is 542 g/mol. The zero-order valence-electron chi connectivity index (χ0n) is 18.6. The highest BCUT2D eigenvalue weighted by molar-refractivity contribution is 7.16. The van der Waals surface area contributed by atoms with Crippen LogP contribution in [0.3, 0.4) is 0 Å². The molecule has 0 fully saturated rings. The number of aliphatic imine (C=N–C) groups is 1. The molecule has 0 atom stereocenters. The van der Waals surface area contributed by atoms with Gasteiger partial charge >= 0.3 is 0 Å². The van der Waals surface area contributed by atoms with Crippen molar-refractivity contribution in [2.45, 2.75) is 19.8 Å². The summed E-state index contributed by atoms with van der Waals surface area (Å²) in [5, 5.41) is 13.4. The van der Waals surface area contributed by atoms with Gasteiger partial charge in [-0.1, -0.05) is 35.3 Å². The van der Waals surface area contributed by atoms with Crippen LogP contribution in [0.15, 0.2) is 65.1 Å². The van der Waals surface area contributed by atoms with E-state index in [1.165, 1.54) is 22.7 Å². The Morgan fingerprint density at radius 3 is 2.51 bits per heavy atom. The van der Waals surface area contributed by atoms with Crippen molar-refractivity contribution in [1.29, 1.82) is 0 Å². The molecule has 0 spiro atoms. The third-order valence-electron chi connectivity index (χ3n) is 5.29. The maximum atomic E-state index is 12.7. The van der Waals surface area contributed by atoms with Gasteiger partial charge in [-0.2, -0.15) is 0 Å². The number of carbonyl (C=O) groups is 2. The van der Waals surface area contributed by atoms with Gasteiger partial charge in [0.25, 0.3) is 0 Å². The summed E-state index contributed by atoms with van der Waals surface area (Å²) in [4.78, 5) is 35.5. The molecule has 1 N–H and O–H groups in total. The molecule has 35 heavy (non-hydrogen) atoms. The topological polar surface area (TPSA) is 79.6 Å². The summed E-state index contributed by atoms with van der Waals surface area (Å²) in [5.41, 5.74) is 2.70. The number of Topliss-reactive ketones (excluding diaryl/α,β-unsaturated/α-hetero) is 2. The molecule has 0 aliphatic rings. The van der Waals surface area contributed by atoms with E-state index in [9.17, 15) is 14.7 Å². The van der Waals surface area contributed by atoms with Crippen molar-refractivity contribution in [1.82, 2.24) is 4.98 Å². The highest BCUT2D eigenvalue weighted by Crippen LogP contribution is 2.40. The first-order valence-corrected chi connectivity index (χ1v) is 13.1.